The number of pyridine rings is 1. The zero-order chi connectivity index (χ0) is 34.6. The van der Waals surface area contributed by atoms with Crippen LogP contribution < -0.4 is 20.1 Å². The Morgan fingerprint density at radius 1 is 1.02 bits per heavy atom. The van der Waals surface area contributed by atoms with Crippen LogP contribution in [0.1, 0.15) is 48.4 Å². The van der Waals surface area contributed by atoms with Crippen molar-refractivity contribution in [1.29, 1.82) is 0 Å². The van der Waals surface area contributed by atoms with Crippen LogP contribution in [0.4, 0.5) is 35.9 Å². The second-order valence-electron chi connectivity index (χ2n) is 12.7. The molecular formula is C36H35F3N6O4. The molecule has 0 N–H and O–H groups in total. The summed E-state index contributed by atoms with van der Waals surface area (Å²) in [6, 6.07) is 12.6. The molecule has 0 unspecified atom stereocenters. The van der Waals surface area contributed by atoms with E-state index in [2.05, 4.69) is 5.10 Å². The van der Waals surface area contributed by atoms with Gasteiger partial charge >= 0.3 is 0 Å². The van der Waals surface area contributed by atoms with Crippen LogP contribution in [-0.4, -0.2) is 46.0 Å². The average Bonchev–Trinajstić information content (AvgIpc) is 3.60. The molecule has 7 rings (SSSR count). The maximum Gasteiger partial charge on any atom is 0.272 e. The van der Waals surface area contributed by atoms with Crippen molar-refractivity contribution in [1.82, 2.24) is 14.3 Å². The highest BCUT2D eigenvalue weighted by Crippen LogP contribution is 2.44. The number of piperidine rings is 1. The van der Waals surface area contributed by atoms with E-state index in [1.807, 2.05) is 34.1 Å². The summed E-state index contributed by atoms with van der Waals surface area (Å²) in [6.45, 7) is 3.40. The van der Waals surface area contributed by atoms with Crippen LogP contribution in [0.25, 0.3) is 22.0 Å². The lowest BCUT2D eigenvalue weighted by Crippen LogP contribution is -2.35. The zero-order valence-corrected chi connectivity index (χ0v) is 27.3. The molecule has 2 aliphatic heterocycles. The molecule has 4 heterocycles. The van der Waals surface area contributed by atoms with Gasteiger partial charge in [0, 0.05) is 78.8 Å². The Morgan fingerprint density at radius 2 is 1.80 bits per heavy atom. The van der Waals surface area contributed by atoms with Crippen molar-refractivity contribution >= 4 is 33.7 Å². The van der Waals surface area contributed by atoms with Gasteiger partial charge in [-0.1, -0.05) is 0 Å². The fraction of sp³-hybridized carbons (Fsp3) is 0.333. The molecule has 0 spiro atoms. The van der Waals surface area contributed by atoms with Crippen LogP contribution in [0, 0.1) is 22.9 Å². The first-order valence-corrected chi connectivity index (χ1v) is 16.2. The highest BCUT2D eigenvalue weighted by Gasteiger charge is 2.28. The van der Waals surface area contributed by atoms with Gasteiger partial charge in [-0.15, -0.1) is 0 Å². The Hall–Kier alpha value is -5.33. The average molecular weight is 673 g/mol. The number of alkyl halides is 2. The minimum absolute atomic E-state index is 0.0185. The summed E-state index contributed by atoms with van der Waals surface area (Å²) < 4.78 is 53.3. The van der Waals surface area contributed by atoms with Crippen molar-refractivity contribution < 1.29 is 22.8 Å². The fourth-order valence-electron chi connectivity index (χ4n) is 7.26. The molecule has 0 bridgehead atoms. The summed E-state index contributed by atoms with van der Waals surface area (Å²) in [5.74, 6) is -0.0739. The number of rotatable bonds is 7. The third kappa shape index (κ3) is 5.76. The number of aromatic nitrogens is 3. The Labute approximate surface area is 280 Å². The third-order valence-electron chi connectivity index (χ3n) is 9.84. The van der Waals surface area contributed by atoms with Crippen molar-refractivity contribution in [2.45, 2.75) is 45.1 Å². The second kappa shape index (κ2) is 12.6. The maximum atomic E-state index is 14.8. The van der Waals surface area contributed by atoms with E-state index in [9.17, 15) is 28.1 Å². The molecular weight excluding hydrogens is 637 g/mol. The Morgan fingerprint density at radius 3 is 2.49 bits per heavy atom. The minimum atomic E-state index is -2.74. The lowest BCUT2D eigenvalue weighted by molar-refractivity contribution is -0.385. The molecule has 13 heteroatoms. The summed E-state index contributed by atoms with van der Waals surface area (Å²) in [5, 5.41) is 16.4. The number of halogens is 3. The maximum absolute atomic E-state index is 14.8. The van der Waals surface area contributed by atoms with Crippen molar-refractivity contribution in [3.8, 4) is 16.9 Å². The van der Waals surface area contributed by atoms with Gasteiger partial charge in [0.1, 0.15) is 5.75 Å². The summed E-state index contributed by atoms with van der Waals surface area (Å²) >= 11 is 0. The topological polar surface area (TPSA) is 98.7 Å². The Bertz CT molecular complexity index is 2160. The molecule has 2 aromatic heterocycles. The van der Waals surface area contributed by atoms with Gasteiger partial charge in [-0.25, -0.2) is 13.2 Å². The largest absolute Gasteiger partial charge is 0.497 e. The van der Waals surface area contributed by atoms with E-state index in [0.717, 1.165) is 29.1 Å². The summed E-state index contributed by atoms with van der Waals surface area (Å²) in [7, 11) is 3.28. The summed E-state index contributed by atoms with van der Waals surface area (Å²) in [6.07, 6.45) is 3.48. The molecule has 0 atom stereocenters. The number of hydrogen-bond acceptors (Lipinski definition) is 7. The molecule has 2 aliphatic rings. The summed E-state index contributed by atoms with van der Waals surface area (Å²) in [4.78, 5) is 27.0. The van der Waals surface area contributed by atoms with Crippen LogP contribution >= 0.6 is 0 Å². The standard InChI is InChI=1S/C36H35F3N6O4/c1-21-13-29-33(41(2)36(21)46)16-26(49-3)17-34(29)43-10-4-5-22-14-27(28(35(38)39)18-32(22)43)23-19-40-44(20-23)24-8-11-42(12-9-24)31-7-6-25(45(47)48)15-30(31)37/h6-7,13-20,24,35H,4-5,8-12H2,1-3H3. The molecule has 5 aromatic rings. The number of ether oxygens (including phenoxy) is 1. The molecule has 49 heavy (non-hydrogen) atoms. The number of aryl methyl sites for hydroxylation is 3. The van der Waals surface area contributed by atoms with Crippen LogP contribution in [0.15, 0.2) is 65.7 Å². The van der Waals surface area contributed by atoms with Gasteiger partial charge in [0.15, 0.2) is 5.82 Å². The number of nitrogens with zero attached hydrogens (tertiary/aromatic N) is 6. The van der Waals surface area contributed by atoms with Gasteiger partial charge in [0.25, 0.3) is 17.7 Å². The monoisotopic (exact) mass is 672 g/mol. The van der Waals surface area contributed by atoms with E-state index in [1.54, 1.807) is 48.8 Å². The molecule has 0 saturated carbocycles. The number of benzene rings is 3. The van der Waals surface area contributed by atoms with Gasteiger partial charge in [0.05, 0.1) is 47.2 Å². The first-order chi connectivity index (χ1) is 23.5. The molecule has 0 amide bonds. The van der Waals surface area contributed by atoms with E-state index in [-0.39, 0.29) is 22.9 Å². The number of anilines is 3. The smallest absolute Gasteiger partial charge is 0.272 e. The molecule has 1 saturated heterocycles. The quantitative estimate of drug-likeness (QED) is 0.130. The highest BCUT2D eigenvalue weighted by atomic mass is 19.3. The van der Waals surface area contributed by atoms with Crippen LogP contribution in [-0.2, 0) is 13.5 Å². The van der Waals surface area contributed by atoms with E-state index in [0.29, 0.717) is 78.2 Å². The highest BCUT2D eigenvalue weighted by molar-refractivity contribution is 5.97. The number of fused-ring (bicyclic) bond motifs is 2. The molecule has 3 aromatic carbocycles. The zero-order valence-electron chi connectivity index (χ0n) is 27.3. The lowest BCUT2D eigenvalue weighted by atomic mass is 9.92. The van der Waals surface area contributed by atoms with Gasteiger partial charge in [-0.2, -0.15) is 5.10 Å². The second-order valence-corrected chi connectivity index (χ2v) is 12.7. The molecule has 254 valence electrons. The first kappa shape index (κ1) is 32.2. The van der Waals surface area contributed by atoms with Crippen LogP contribution in [0.5, 0.6) is 5.75 Å². The molecule has 1 fully saturated rings. The third-order valence-corrected chi connectivity index (χ3v) is 9.84. The van der Waals surface area contributed by atoms with E-state index < -0.39 is 17.2 Å². The minimum Gasteiger partial charge on any atom is -0.497 e. The van der Waals surface area contributed by atoms with Crippen molar-refractivity contribution in [3.63, 3.8) is 0 Å². The normalized spacial score (nSPS) is 15.2. The first-order valence-electron chi connectivity index (χ1n) is 16.2. The van der Waals surface area contributed by atoms with E-state index in [4.69, 9.17) is 4.74 Å². The Kier molecular flexibility index (Phi) is 8.29. The number of hydrogen-bond donors (Lipinski definition) is 0. The number of non-ortho nitro benzene ring substituents is 1. The Balaban J connectivity index is 1.19. The van der Waals surface area contributed by atoms with Crippen molar-refractivity contribution in [2.24, 2.45) is 7.05 Å². The number of nitro benzene ring substituents is 1. The molecule has 10 nitrogen and oxygen atoms in total. The van der Waals surface area contributed by atoms with Gasteiger partial charge in [-0.05, 0) is 68.0 Å². The van der Waals surface area contributed by atoms with Gasteiger partial charge < -0.3 is 19.1 Å². The van der Waals surface area contributed by atoms with Crippen LogP contribution in [0.3, 0.4) is 0 Å². The molecule has 0 aliphatic carbocycles. The van der Waals surface area contributed by atoms with E-state index >= 15 is 0 Å². The van der Waals surface area contributed by atoms with Gasteiger partial charge in [-0.3, -0.25) is 19.6 Å². The van der Waals surface area contributed by atoms with Crippen molar-refractivity contribution in [2.75, 3.05) is 36.5 Å². The summed E-state index contributed by atoms with van der Waals surface area (Å²) in [5.41, 5.74) is 4.55. The predicted molar refractivity (Wildman–Crippen MR) is 182 cm³/mol. The fourth-order valence-corrected chi connectivity index (χ4v) is 7.26. The van der Waals surface area contributed by atoms with Gasteiger partial charge in [0.2, 0.25) is 0 Å². The number of methoxy groups -OCH3 is 1. The SMILES string of the molecule is COc1cc(N2CCCc3cc(-c4cnn(C5CCN(c6ccc([N+](=O)[O-])cc6F)CC5)c4)c(C(F)F)cc32)c2cc(C)c(=O)n(C)c2c1. The number of nitro groups is 1. The van der Waals surface area contributed by atoms with Crippen LogP contribution in [0.2, 0.25) is 0 Å². The molecule has 0 radical (unpaired) electrons. The van der Waals surface area contributed by atoms with E-state index in [1.165, 1.54) is 12.1 Å². The predicted octanol–water partition coefficient (Wildman–Crippen LogP) is 7.63. The lowest BCUT2D eigenvalue weighted by Gasteiger charge is -2.34. The van der Waals surface area contributed by atoms with Crippen molar-refractivity contribution in [3.05, 3.63) is 104 Å².